The lowest BCUT2D eigenvalue weighted by Crippen LogP contribution is -2.39. The van der Waals surface area contributed by atoms with Crippen LogP contribution in [0.15, 0.2) is 104 Å². The van der Waals surface area contributed by atoms with Crippen LogP contribution in [0.3, 0.4) is 0 Å². The molecule has 6 rings (SSSR count). The molecule has 15 nitrogen and oxygen atoms in total. The number of nitrogens with zero attached hydrogens (tertiary/aromatic N) is 5. The molecular weight excluding hydrogens is 832 g/mol. The molecule has 62 heavy (non-hydrogen) atoms. The average molecular weight is 887 g/mol. The first-order valence-electron chi connectivity index (χ1n) is 20.4. The van der Waals surface area contributed by atoms with Crippen LogP contribution in [0, 0.1) is 0 Å². The predicted octanol–water partition coefficient (Wildman–Crippen LogP) is 8.90. The Morgan fingerprint density at radius 1 is 0.952 bits per heavy atom. The number of hydrogen-bond acceptors (Lipinski definition) is 14. The molecule has 0 radical (unpaired) electrons. The second kappa shape index (κ2) is 21.9. The Hall–Kier alpha value is -4.93. The number of methoxy groups -OCH3 is 2. The topological polar surface area (TPSA) is 158 Å². The quantitative estimate of drug-likeness (QED) is 0.0322. The molecule has 3 heterocycles. The third-order valence-corrected chi connectivity index (χ3v) is 13.0. The number of carbonyl (C=O) groups is 2. The van der Waals surface area contributed by atoms with E-state index in [9.17, 15) is 9.59 Å². The third-order valence-electron chi connectivity index (χ3n) is 10.1. The predicted molar refractivity (Wildman–Crippen MR) is 240 cm³/mol. The smallest absolute Gasteiger partial charge is 0.413 e. The Labute approximate surface area is 368 Å². The first-order chi connectivity index (χ1) is 30.0. The molecule has 330 valence electrons. The largest absolute Gasteiger partial charge is 0.497 e. The Morgan fingerprint density at radius 2 is 1.58 bits per heavy atom. The summed E-state index contributed by atoms with van der Waals surface area (Å²) >= 11 is 1.21. The summed E-state index contributed by atoms with van der Waals surface area (Å²) in [7, 11) is 1.62. The summed E-state index contributed by atoms with van der Waals surface area (Å²) < 4.78 is 48.2. The van der Waals surface area contributed by atoms with E-state index in [1.807, 2.05) is 78.9 Å². The minimum Gasteiger partial charge on any atom is -0.497 e. The van der Waals surface area contributed by atoms with E-state index in [4.69, 9.17) is 32.7 Å². The van der Waals surface area contributed by atoms with Gasteiger partial charge in [-0.1, -0.05) is 79.0 Å². The number of anilines is 1. The zero-order chi connectivity index (χ0) is 44.2. The number of thioether (sulfide) groups is 1. The second-order valence-corrected chi connectivity index (χ2v) is 17.5. The van der Waals surface area contributed by atoms with E-state index in [1.165, 1.54) is 24.2 Å². The van der Waals surface area contributed by atoms with Gasteiger partial charge < -0.3 is 32.7 Å². The molecule has 1 fully saturated rings. The number of aromatic nitrogens is 4. The van der Waals surface area contributed by atoms with Crippen molar-refractivity contribution < 1.29 is 42.3 Å². The van der Waals surface area contributed by atoms with Gasteiger partial charge in [-0.3, -0.25) is 14.7 Å². The molecule has 4 atom stereocenters. The van der Waals surface area contributed by atoms with Gasteiger partial charge in [0.2, 0.25) is 0 Å². The number of ether oxygens (including phenoxy) is 5. The van der Waals surface area contributed by atoms with Gasteiger partial charge in [0, 0.05) is 31.2 Å². The lowest BCUT2D eigenvalue weighted by atomic mass is 9.80. The Morgan fingerprint density at radius 3 is 2.16 bits per heavy atom. The lowest BCUT2D eigenvalue weighted by Gasteiger charge is -2.39. The number of hydrogen-bond donors (Lipinski definition) is 1. The van der Waals surface area contributed by atoms with Crippen LogP contribution in [0.2, 0.25) is 0 Å². The van der Waals surface area contributed by atoms with Crippen LogP contribution in [0.25, 0.3) is 11.2 Å². The van der Waals surface area contributed by atoms with Gasteiger partial charge in [-0.05, 0) is 68.7 Å². The van der Waals surface area contributed by atoms with Crippen molar-refractivity contribution in [1.82, 2.24) is 24.2 Å². The fourth-order valence-electron chi connectivity index (χ4n) is 7.38. The molecule has 1 N–H and O–H groups in total. The maximum atomic E-state index is 12.5. The number of fused-ring (bicyclic) bond motifs is 1. The zero-order valence-electron chi connectivity index (χ0n) is 36.1. The Kier molecular flexibility index (Phi) is 16.5. The molecule has 0 aliphatic carbocycles. The maximum Gasteiger partial charge on any atom is 0.413 e. The summed E-state index contributed by atoms with van der Waals surface area (Å²) in [5.74, 6) is 2.09. The summed E-state index contributed by atoms with van der Waals surface area (Å²) in [5, 5.41) is 2.67. The molecule has 1 saturated heterocycles. The molecule has 1 unspecified atom stereocenters. The normalized spacial score (nSPS) is 17.1. The standard InChI is InChI=1S/C45H55N6O9PS/c1-9-23-56-44(53)49-42-41-43(47-28-46-42)50(29-48-41)40-26-38(60-61(51(30(2)3)31(4)5)58-24-25-62-32(6)52)39(59-40)27-57-45(33-13-11-10-12-14-33,34-15-19-36(54-7)20-16-34)35-17-21-37(55-8)22-18-35/h9-22,28-31,38-40H,1,23-27H2,2-8H3,(H,46,47,49,53)/t38-,39+,40+,61?/m0/s1. The zero-order valence-corrected chi connectivity index (χ0v) is 37.8. The fraction of sp³-hybridized carbons (Fsp3) is 0.400. The van der Waals surface area contributed by atoms with E-state index < -0.39 is 38.7 Å². The fourth-order valence-corrected chi connectivity index (χ4v) is 9.71. The van der Waals surface area contributed by atoms with Crippen LogP contribution in [-0.4, -0.2) is 99.5 Å². The SMILES string of the molecule is C=CCOC(=O)Nc1ncnc2c1ncn2[C@H]1C[C@H](OP(OCCSC(C)=O)N(C(C)C)C(C)C)[C@@H](COC(c2ccccc2)(c2ccc(OC)cc2)c2ccc(OC)cc2)O1. The molecule has 1 aliphatic rings. The average Bonchev–Trinajstić information content (AvgIpc) is 3.89. The highest BCUT2D eigenvalue weighted by atomic mass is 32.2. The first-order valence-corrected chi connectivity index (χ1v) is 22.5. The van der Waals surface area contributed by atoms with Gasteiger partial charge in [-0.25, -0.2) is 24.4 Å². The molecule has 17 heteroatoms. The Bertz CT molecular complexity index is 2170. The van der Waals surface area contributed by atoms with E-state index in [2.05, 4.69) is 59.2 Å². The summed E-state index contributed by atoms with van der Waals surface area (Å²) in [6.07, 6.45) is 2.27. The van der Waals surface area contributed by atoms with Crippen molar-refractivity contribution in [3.63, 3.8) is 0 Å². The van der Waals surface area contributed by atoms with E-state index in [0.29, 0.717) is 41.4 Å². The van der Waals surface area contributed by atoms with Crippen LogP contribution in [0.4, 0.5) is 10.6 Å². The first kappa shape index (κ1) is 46.6. The molecule has 5 aromatic rings. The van der Waals surface area contributed by atoms with Crippen molar-refractivity contribution in [1.29, 1.82) is 0 Å². The van der Waals surface area contributed by atoms with Crippen molar-refractivity contribution in [3.05, 3.63) is 121 Å². The van der Waals surface area contributed by atoms with Crippen molar-refractivity contribution in [3.8, 4) is 11.5 Å². The van der Waals surface area contributed by atoms with Crippen LogP contribution < -0.4 is 14.8 Å². The molecule has 0 spiro atoms. The van der Waals surface area contributed by atoms with Gasteiger partial charge >= 0.3 is 6.09 Å². The summed E-state index contributed by atoms with van der Waals surface area (Å²) in [4.78, 5) is 37.7. The van der Waals surface area contributed by atoms with E-state index in [0.717, 1.165) is 16.7 Å². The van der Waals surface area contributed by atoms with E-state index >= 15 is 0 Å². The van der Waals surface area contributed by atoms with Gasteiger partial charge in [-0.2, -0.15) is 0 Å². The van der Waals surface area contributed by atoms with Gasteiger partial charge in [-0.15, -0.1) is 0 Å². The molecule has 2 aromatic heterocycles. The van der Waals surface area contributed by atoms with Gasteiger partial charge in [0.25, 0.3) is 8.53 Å². The maximum absolute atomic E-state index is 12.5. The second-order valence-electron chi connectivity index (χ2n) is 14.9. The summed E-state index contributed by atoms with van der Waals surface area (Å²) in [6.45, 7) is 14.0. The van der Waals surface area contributed by atoms with Crippen LogP contribution in [-0.2, 0) is 33.7 Å². The van der Waals surface area contributed by atoms with Crippen LogP contribution in [0.5, 0.6) is 11.5 Å². The van der Waals surface area contributed by atoms with Crippen molar-refractivity contribution in [2.24, 2.45) is 0 Å². The highest BCUT2D eigenvalue weighted by molar-refractivity contribution is 8.13. The van der Waals surface area contributed by atoms with Crippen LogP contribution >= 0.6 is 20.3 Å². The number of amides is 1. The summed E-state index contributed by atoms with van der Waals surface area (Å²) in [5.41, 5.74) is 2.28. The van der Waals surface area contributed by atoms with Crippen molar-refractivity contribution in [2.75, 3.05) is 45.1 Å². The van der Waals surface area contributed by atoms with E-state index in [-0.39, 0.29) is 36.2 Å². The number of nitrogens with one attached hydrogen (secondary N) is 1. The molecule has 0 bridgehead atoms. The highest BCUT2D eigenvalue weighted by Gasteiger charge is 2.45. The molecule has 3 aromatic carbocycles. The minimum atomic E-state index is -1.66. The van der Waals surface area contributed by atoms with Gasteiger partial charge in [0.05, 0.1) is 39.9 Å². The minimum absolute atomic E-state index is 0.0201. The number of benzene rings is 3. The monoisotopic (exact) mass is 886 g/mol. The van der Waals surface area contributed by atoms with Gasteiger partial charge in [0.1, 0.15) is 42.4 Å². The Balaban J connectivity index is 1.41. The molecule has 0 saturated carbocycles. The number of imidazole rings is 1. The molecule has 1 aliphatic heterocycles. The van der Waals surface area contributed by atoms with E-state index in [1.54, 1.807) is 32.0 Å². The molecule has 1 amide bonds. The van der Waals surface area contributed by atoms with Gasteiger partial charge in [0.15, 0.2) is 22.1 Å². The third kappa shape index (κ3) is 11.0. The number of carbonyl (C=O) groups excluding carboxylic acids is 2. The highest BCUT2D eigenvalue weighted by Crippen LogP contribution is 2.51. The van der Waals surface area contributed by atoms with Crippen LogP contribution in [0.1, 0.15) is 64.0 Å². The summed E-state index contributed by atoms with van der Waals surface area (Å²) in [6, 6.07) is 25.9. The van der Waals surface area contributed by atoms with Crippen molar-refractivity contribution in [2.45, 2.75) is 77.2 Å². The number of rotatable bonds is 21. The lowest BCUT2D eigenvalue weighted by molar-refractivity contribution is -0.109. The molecular formula is C45H55N6O9PS. The van der Waals surface area contributed by atoms with Crippen molar-refractivity contribution >= 4 is 48.5 Å².